The van der Waals surface area contributed by atoms with Gasteiger partial charge in [0.25, 0.3) is 0 Å². The molecule has 0 atom stereocenters. The maximum atomic E-state index is 13.2. The summed E-state index contributed by atoms with van der Waals surface area (Å²) < 4.78 is 31.6. The van der Waals surface area contributed by atoms with Crippen molar-refractivity contribution in [2.75, 3.05) is 11.5 Å². The van der Waals surface area contributed by atoms with Gasteiger partial charge >= 0.3 is 0 Å². The number of hydrogen-bond acceptors (Lipinski definition) is 6. The Labute approximate surface area is 151 Å². The lowest BCUT2D eigenvalue weighted by molar-refractivity contribution is 0.393. The molecule has 0 saturated heterocycles. The lowest BCUT2D eigenvalue weighted by atomic mass is 10.0. The summed E-state index contributed by atoms with van der Waals surface area (Å²) >= 11 is 0. The number of nitrogens with two attached hydrogens (primary N) is 1. The molecule has 0 aliphatic heterocycles. The van der Waals surface area contributed by atoms with Gasteiger partial charge in [0.1, 0.15) is 11.3 Å². The molecule has 8 heteroatoms. The predicted molar refractivity (Wildman–Crippen MR) is 99.5 cm³/mol. The normalized spacial score (nSPS) is 15.9. The fourth-order valence-corrected chi connectivity index (χ4v) is 5.85. The first kappa shape index (κ1) is 17.1. The molecule has 2 aromatic heterocycles. The molecule has 0 radical (unpaired) electrons. The first-order chi connectivity index (χ1) is 12.3. The molecule has 2 heterocycles. The van der Waals surface area contributed by atoms with E-state index in [0.717, 1.165) is 36.8 Å². The summed E-state index contributed by atoms with van der Waals surface area (Å²) in [6.07, 6.45) is 4.14. The number of hydrogen-bond donors (Lipinski definition) is 2. The van der Waals surface area contributed by atoms with E-state index < -0.39 is 9.84 Å². The average molecular weight is 374 g/mol. The fourth-order valence-electron chi connectivity index (χ4n) is 3.96. The number of aryl methyl sites for hydroxylation is 2. The second-order valence-corrected chi connectivity index (χ2v) is 9.13. The Bertz CT molecular complexity index is 1060. The molecule has 1 aliphatic carbocycles. The number of fused-ring (bicyclic) bond motifs is 1. The van der Waals surface area contributed by atoms with Crippen molar-refractivity contribution in [3.8, 4) is 11.1 Å². The highest BCUT2D eigenvalue weighted by molar-refractivity contribution is 7.91. The number of imidazole rings is 1. The number of aromatic amines is 1. The Morgan fingerprint density at radius 2 is 2.00 bits per heavy atom. The number of aromatic nitrogens is 3. The fraction of sp³-hybridized carbons (Fsp3) is 0.444. The number of nitrogens with one attached hydrogen (secondary N) is 1. The van der Waals surface area contributed by atoms with Crippen LogP contribution in [0.3, 0.4) is 0 Å². The highest BCUT2D eigenvalue weighted by atomic mass is 32.2. The summed E-state index contributed by atoms with van der Waals surface area (Å²) in [5.74, 6) is 1.22. The van der Waals surface area contributed by atoms with E-state index in [-0.39, 0.29) is 22.5 Å². The van der Waals surface area contributed by atoms with Crippen LogP contribution >= 0.6 is 0 Å². The van der Waals surface area contributed by atoms with Crippen LogP contribution in [-0.2, 0) is 9.84 Å². The Hall–Kier alpha value is -2.35. The molecule has 3 aromatic rings. The monoisotopic (exact) mass is 374 g/mol. The molecule has 1 fully saturated rings. The zero-order valence-electron chi connectivity index (χ0n) is 14.9. The van der Waals surface area contributed by atoms with E-state index in [9.17, 15) is 8.42 Å². The lowest BCUT2D eigenvalue weighted by Crippen LogP contribution is -2.14. The van der Waals surface area contributed by atoms with Gasteiger partial charge < -0.3 is 15.2 Å². The van der Waals surface area contributed by atoms with E-state index in [1.54, 1.807) is 6.07 Å². The number of benzene rings is 1. The van der Waals surface area contributed by atoms with Gasteiger partial charge in [-0.1, -0.05) is 18.0 Å². The topological polar surface area (TPSA) is 115 Å². The molecule has 7 nitrogen and oxygen atoms in total. The van der Waals surface area contributed by atoms with Crippen LogP contribution in [0.1, 0.15) is 37.1 Å². The molecule has 4 rings (SSSR count). The van der Waals surface area contributed by atoms with Crippen molar-refractivity contribution in [1.82, 2.24) is 15.1 Å². The molecule has 0 unspecified atom stereocenters. The van der Waals surface area contributed by atoms with Gasteiger partial charge in [-0.05, 0) is 50.3 Å². The molecule has 1 saturated carbocycles. The van der Waals surface area contributed by atoms with E-state index >= 15 is 0 Å². The Morgan fingerprint density at radius 3 is 2.65 bits per heavy atom. The molecular formula is C18H22N4O3S. The third-order valence-electron chi connectivity index (χ3n) is 5.16. The van der Waals surface area contributed by atoms with Crippen molar-refractivity contribution in [3.05, 3.63) is 23.6 Å². The van der Waals surface area contributed by atoms with Crippen LogP contribution < -0.4 is 5.73 Å². The summed E-state index contributed by atoms with van der Waals surface area (Å²) in [5.41, 5.74) is 9.06. The standard InChI is InChI=1S/C18H22N4O3S/c1-10-16(11(2)25-22-10)13-7-14-17(21-18(19)20-14)15(8-13)26(23,24)9-12-5-3-4-6-12/h7-8,12H,3-6,9H2,1-2H3,(H3,19,20,21). The van der Waals surface area contributed by atoms with E-state index in [1.165, 1.54) is 0 Å². The largest absolute Gasteiger partial charge is 0.369 e. The van der Waals surface area contributed by atoms with Gasteiger partial charge in [-0.2, -0.15) is 0 Å². The maximum absolute atomic E-state index is 13.2. The second kappa shape index (κ2) is 6.12. The van der Waals surface area contributed by atoms with Gasteiger partial charge in [0.2, 0.25) is 0 Å². The van der Waals surface area contributed by atoms with Crippen LogP contribution in [0.5, 0.6) is 0 Å². The molecule has 0 spiro atoms. The zero-order chi connectivity index (χ0) is 18.5. The van der Waals surface area contributed by atoms with E-state index in [4.69, 9.17) is 10.3 Å². The summed E-state index contributed by atoms with van der Waals surface area (Å²) in [6.45, 7) is 3.65. The lowest BCUT2D eigenvalue weighted by Gasteiger charge is -2.12. The minimum atomic E-state index is -3.49. The summed E-state index contributed by atoms with van der Waals surface area (Å²) in [4.78, 5) is 7.41. The number of nitrogen functional groups attached to an aromatic ring is 1. The molecule has 0 amide bonds. The first-order valence-electron chi connectivity index (χ1n) is 8.80. The first-order valence-corrected chi connectivity index (χ1v) is 10.5. The smallest absolute Gasteiger partial charge is 0.198 e. The number of sulfone groups is 1. The summed E-state index contributed by atoms with van der Waals surface area (Å²) in [7, 11) is -3.49. The number of rotatable bonds is 4. The van der Waals surface area contributed by atoms with Crippen molar-refractivity contribution in [3.63, 3.8) is 0 Å². The molecule has 26 heavy (non-hydrogen) atoms. The van der Waals surface area contributed by atoms with E-state index in [0.29, 0.717) is 22.5 Å². The van der Waals surface area contributed by atoms with Gasteiger partial charge in [-0.25, -0.2) is 13.4 Å². The molecule has 1 aromatic carbocycles. The number of nitrogens with zero attached hydrogens (tertiary/aromatic N) is 2. The molecule has 138 valence electrons. The van der Waals surface area contributed by atoms with Crippen molar-refractivity contribution in [2.45, 2.75) is 44.4 Å². The maximum Gasteiger partial charge on any atom is 0.198 e. The van der Waals surface area contributed by atoms with Crippen molar-refractivity contribution in [1.29, 1.82) is 0 Å². The van der Waals surface area contributed by atoms with Gasteiger partial charge in [0.15, 0.2) is 15.8 Å². The predicted octanol–water partition coefficient (Wildman–Crippen LogP) is 3.38. The van der Waals surface area contributed by atoms with Gasteiger partial charge in [0, 0.05) is 5.56 Å². The minimum Gasteiger partial charge on any atom is -0.369 e. The quantitative estimate of drug-likeness (QED) is 0.723. The van der Waals surface area contributed by atoms with Crippen LogP contribution in [0, 0.1) is 19.8 Å². The highest BCUT2D eigenvalue weighted by Crippen LogP contribution is 2.35. The van der Waals surface area contributed by atoms with E-state index in [2.05, 4.69) is 15.1 Å². The third kappa shape index (κ3) is 2.88. The number of H-pyrrole nitrogens is 1. The van der Waals surface area contributed by atoms with E-state index in [1.807, 2.05) is 19.9 Å². The van der Waals surface area contributed by atoms with Crippen LogP contribution in [0.15, 0.2) is 21.6 Å². The Morgan fingerprint density at radius 1 is 1.27 bits per heavy atom. The van der Waals surface area contributed by atoms with Crippen LogP contribution in [0.4, 0.5) is 5.95 Å². The van der Waals surface area contributed by atoms with Crippen LogP contribution in [0.25, 0.3) is 22.2 Å². The van der Waals surface area contributed by atoms with Gasteiger partial charge in [0.05, 0.1) is 21.9 Å². The second-order valence-electron chi connectivity index (χ2n) is 7.12. The Kier molecular flexibility index (Phi) is 4.02. The molecule has 0 bridgehead atoms. The van der Waals surface area contributed by atoms with Crippen molar-refractivity contribution in [2.24, 2.45) is 5.92 Å². The summed E-state index contributed by atoms with van der Waals surface area (Å²) in [5, 5.41) is 3.98. The van der Waals surface area contributed by atoms with Gasteiger partial charge in [-0.3, -0.25) is 0 Å². The van der Waals surface area contributed by atoms with Gasteiger partial charge in [-0.15, -0.1) is 0 Å². The number of anilines is 1. The molecule has 1 aliphatic rings. The average Bonchev–Trinajstić information content (AvgIpc) is 3.26. The minimum absolute atomic E-state index is 0.153. The SMILES string of the molecule is Cc1noc(C)c1-c1cc(S(=O)(=O)CC2CCCC2)c2nc(N)[nH]c2c1. The molecular weight excluding hydrogens is 352 g/mol. The van der Waals surface area contributed by atoms with Crippen LogP contribution in [-0.4, -0.2) is 29.3 Å². The summed E-state index contributed by atoms with van der Waals surface area (Å²) in [6, 6.07) is 3.53. The van der Waals surface area contributed by atoms with Crippen LogP contribution in [0.2, 0.25) is 0 Å². The molecule has 3 N–H and O–H groups in total. The Balaban J connectivity index is 1.90. The zero-order valence-corrected chi connectivity index (χ0v) is 15.7. The highest BCUT2D eigenvalue weighted by Gasteiger charge is 2.28. The third-order valence-corrected chi connectivity index (χ3v) is 7.05. The van der Waals surface area contributed by atoms with Crippen molar-refractivity contribution < 1.29 is 12.9 Å². The van der Waals surface area contributed by atoms with Crippen molar-refractivity contribution >= 4 is 26.8 Å².